The molecule has 0 fully saturated rings. The minimum Gasteiger partial charge on any atom is -0.496 e. The molecule has 8 heteroatoms. The van der Waals surface area contributed by atoms with Gasteiger partial charge >= 0.3 is 0 Å². The predicted octanol–water partition coefficient (Wildman–Crippen LogP) is 6.07. The number of halogens is 1. The third-order valence-electron chi connectivity index (χ3n) is 5.57. The lowest BCUT2D eigenvalue weighted by atomic mass is 9.93. The van der Waals surface area contributed by atoms with Gasteiger partial charge in [-0.3, -0.25) is 9.52 Å². The predicted molar refractivity (Wildman–Crippen MR) is 136 cm³/mol. The highest BCUT2D eigenvalue weighted by atomic mass is 35.5. The second-order valence-corrected chi connectivity index (χ2v) is 10.5. The van der Waals surface area contributed by atoms with Crippen molar-refractivity contribution in [2.75, 3.05) is 11.8 Å². The lowest BCUT2D eigenvalue weighted by Gasteiger charge is -2.21. The van der Waals surface area contributed by atoms with Gasteiger partial charge in [0.05, 0.1) is 34.3 Å². The van der Waals surface area contributed by atoms with Crippen LogP contribution in [0.3, 0.4) is 0 Å². The number of rotatable bonds is 8. The van der Waals surface area contributed by atoms with Crippen LogP contribution in [0.4, 0.5) is 5.69 Å². The van der Waals surface area contributed by atoms with Gasteiger partial charge in [-0.15, -0.1) is 0 Å². The molecule has 0 spiro atoms. The van der Waals surface area contributed by atoms with Gasteiger partial charge in [0.2, 0.25) is 0 Å². The number of ether oxygens (including phenoxy) is 1. The van der Waals surface area contributed by atoms with Gasteiger partial charge in [-0.05, 0) is 78.9 Å². The van der Waals surface area contributed by atoms with E-state index >= 15 is 0 Å². The highest BCUT2D eigenvalue weighted by Gasteiger charge is 2.20. The molecule has 6 nitrogen and oxygen atoms in total. The molecular formula is C26H29ClN2O4S. The molecule has 3 aromatic carbocycles. The zero-order valence-corrected chi connectivity index (χ0v) is 21.4. The minimum absolute atomic E-state index is 0.136. The molecule has 0 aliphatic carbocycles. The van der Waals surface area contributed by atoms with Crippen LogP contribution in [-0.4, -0.2) is 21.4 Å². The van der Waals surface area contributed by atoms with E-state index in [-0.39, 0.29) is 39.0 Å². The molecule has 2 N–H and O–H groups in total. The summed E-state index contributed by atoms with van der Waals surface area (Å²) in [7, 11) is -2.11. The Morgan fingerprint density at radius 3 is 2.24 bits per heavy atom. The number of hydrogen-bond acceptors (Lipinski definition) is 4. The number of sulfonamides is 1. The van der Waals surface area contributed by atoms with Crippen LogP contribution in [-0.2, 0) is 10.0 Å². The van der Waals surface area contributed by atoms with Crippen molar-refractivity contribution in [1.29, 1.82) is 0 Å². The topological polar surface area (TPSA) is 84.5 Å². The molecule has 34 heavy (non-hydrogen) atoms. The Morgan fingerprint density at radius 1 is 0.971 bits per heavy atom. The number of hydrogen-bond donors (Lipinski definition) is 2. The Bertz CT molecular complexity index is 1290. The number of carbonyl (C=O) groups is 1. The highest BCUT2D eigenvalue weighted by Crippen LogP contribution is 2.32. The molecule has 0 aliphatic heterocycles. The number of nitrogens with one attached hydrogen (secondary N) is 2. The third kappa shape index (κ3) is 5.72. The molecule has 1 atom stereocenters. The second kappa shape index (κ2) is 10.5. The number of aryl methyl sites for hydroxylation is 1. The summed E-state index contributed by atoms with van der Waals surface area (Å²) in [4.78, 5) is 13.1. The lowest BCUT2D eigenvalue weighted by Crippen LogP contribution is -2.27. The van der Waals surface area contributed by atoms with Crippen molar-refractivity contribution in [3.8, 4) is 5.75 Å². The summed E-state index contributed by atoms with van der Waals surface area (Å²) in [5.41, 5.74) is 3.58. The maximum absolute atomic E-state index is 13.0. The quantitative estimate of drug-likeness (QED) is 0.393. The van der Waals surface area contributed by atoms with Crippen LogP contribution in [0.5, 0.6) is 5.75 Å². The number of carbonyl (C=O) groups excluding carboxylic acids is 1. The molecule has 0 bridgehead atoms. The number of methoxy groups -OCH3 is 1. The first kappa shape index (κ1) is 25.6. The molecule has 3 aromatic rings. The van der Waals surface area contributed by atoms with Gasteiger partial charge in [0, 0.05) is 0 Å². The molecule has 0 unspecified atom stereocenters. The first-order chi connectivity index (χ1) is 16.0. The Balaban J connectivity index is 1.79. The Morgan fingerprint density at radius 2 is 1.65 bits per heavy atom. The molecule has 0 heterocycles. The number of anilines is 1. The van der Waals surface area contributed by atoms with Crippen LogP contribution in [0.25, 0.3) is 0 Å². The van der Waals surface area contributed by atoms with Crippen LogP contribution in [0.1, 0.15) is 59.8 Å². The molecule has 180 valence electrons. The van der Waals surface area contributed by atoms with Gasteiger partial charge in [0.15, 0.2) is 0 Å². The molecule has 0 radical (unpaired) electrons. The van der Waals surface area contributed by atoms with Gasteiger partial charge in [-0.2, -0.15) is 0 Å². The van der Waals surface area contributed by atoms with Gasteiger partial charge in [-0.1, -0.05) is 43.6 Å². The summed E-state index contributed by atoms with van der Waals surface area (Å²) in [5.74, 6) is 0.738. The van der Waals surface area contributed by atoms with Crippen LogP contribution in [0.15, 0.2) is 65.6 Å². The average Bonchev–Trinajstić information content (AvgIpc) is 2.78. The fourth-order valence-corrected chi connectivity index (χ4v) is 5.08. The van der Waals surface area contributed by atoms with E-state index in [0.717, 1.165) is 22.4 Å². The largest absolute Gasteiger partial charge is 0.496 e. The van der Waals surface area contributed by atoms with E-state index < -0.39 is 10.0 Å². The maximum Gasteiger partial charge on any atom is 0.261 e. The summed E-state index contributed by atoms with van der Waals surface area (Å²) in [6.45, 7) is 8.07. The highest BCUT2D eigenvalue weighted by molar-refractivity contribution is 7.92. The normalized spacial score (nSPS) is 12.3. The zero-order chi connectivity index (χ0) is 25.0. The molecule has 0 aliphatic rings. The summed E-state index contributed by atoms with van der Waals surface area (Å²) < 4.78 is 33.1. The third-order valence-corrected chi connectivity index (χ3v) is 7.28. The van der Waals surface area contributed by atoms with Gasteiger partial charge in [-0.25, -0.2) is 8.42 Å². The van der Waals surface area contributed by atoms with Crippen LogP contribution in [0.2, 0.25) is 5.02 Å². The summed E-state index contributed by atoms with van der Waals surface area (Å²) in [5, 5.41) is 3.13. The van der Waals surface area contributed by atoms with Gasteiger partial charge in [0.1, 0.15) is 5.75 Å². The van der Waals surface area contributed by atoms with Crippen LogP contribution >= 0.6 is 11.6 Å². The zero-order valence-electron chi connectivity index (χ0n) is 19.8. The fourth-order valence-electron chi connectivity index (χ4n) is 3.74. The maximum atomic E-state index is 13.0. The number of benzene rings is 3. The molecular weight excluding hydrogens is 472 g/mol. The van der Waals surface area contributed by atoms with E-state index in [1.807, 2.05) is 19.9 Å². The average molecular weight is 501 g/mol. The van der Waals surface area contributed by atoms with Crippen molar-refractivity contribution >= 4 is 33.2 Å². The first-order valence-corrected chi connectivity index (χ1v) is 12.8. The van der Waals surface area contributed by atoms with Crippen molar-refractivity contribution in [2.45, 2.75) is 44.6 Å². The Kier molecular flexibility index (Phi) is 7.89. The molecule has 1 amide bonds. The van der Waals surface area contributed by atoms with Crippen molar-refractivity contribution in [1.82, 2.24) is 5.32 Å². The second-order valence-electron chi connectivity index (χ2n) is 8.41. The fraction of sp³-hybridized carbons (Fsp3) is 0.269. The van der Waals surface area contributed by atoms with E-state index in [4.69, 9.17) is 16.3 Å². The van der Waals surface area contributed by atoms with Crippen molar-refractivity contribution in [3.63, 3.8) is 0 Å². The van der Waals surface area contributed by atoms with E-state index in [1.165, 1.54) is 30.3 Å². The van der Waals surface area contributed by atoms with E-state index in [2.05, 4.69) is 30.0 Å². The lowest BCUT2D eigenvalue weighted by molar-refractivity contribution is 0.0940. The Labute approximate surface area is 206 Å². The van der Waals surface area contributed by atoms with Crippen molar-refractivity contribution in [3.05, 3.63) is 87.9 Å². The van der Waals surface area contributed by atoms with E-state index in [0.29, 0.717) is 0 Å². The summed E-state index contributed by atoms with van der Waals surface area (Å²) in [6, 6.07) is 16.2. The molecule has 3 rings (SSSR count). The standard InChI is InChI=1S/C26H29ClN2O4S/c1-16(2)22-15-23(17(3)13-25(22)33-5)18(4)28-26(30)21-12-11-19(14-24(21)27)29-34(31,32)20-9-7-6-8-10-20/h6-16,18,29H,1-5H3,(H,28,30)/t18-/m0/s1. The minimum atomic E-state index is -3.76. The van der Waals surface area contributed by atoms with Crippen LogP contribution in [0, 0.1) is 6.92 Å². The summed E-state index contributed by atoms with van der Waals surface area (Å²) >= 11 is 6.35. The smallest absolute Gasteiger partial charge is 0.261 e. The SMILES string of the molecule is COc1cc(C)c([C@H](C)NC(=O)c2ccc(NS(=O)(=O)c3ccccc3)cc2Cl)cc1C(C)C. The van der Waals surface area contributed by atoms with Gasteiger partial charge in [0.25, 0.3) is 15.9 Å². The van der Waals surface area contributed by atoms with Crippen molar-refractivity contribution < 1.29 is 17.9 Å². The van der Waals surface area contributed by atoms with E-state index in [9.17, 15) is 13.2 Å². The monoisotopic (exact) mass is 500 g/mol. The molecule has 0 saturated heterocycles. The molecule has 0 saturated carbocycles. The first-order valence-electron chi connectivity index (χ1n) is 10.9. The number of amides is 1. The summed E-state index contributed by atoms with van der Waals surface area (Å²) in [6.07, 6.45) is 0. The van der Waals surface area contributed by atoms with Crippen molar-refractivity contribution in [2.24, 2.45) is 0 Å². The van der Waals surface area contributed by atoms with E-state index in [1.54, 1.807) is 25.3 Å². The Hall–Kier alpha value is -3.03. The van der Waals surface area contributed by atoms with Crippen LogP contribution < -0.4 is 14.8 Å². The molecule has 0 aromatic heterocycles. The van der Waals surface area contributed by atoms with Gasteiger partial charge < -0.3 is 10.1 Å².